The van der Waals surface area contributed by atoms with Crippen LogP contribution in [0.15, 0.2) is 27.8 Å². The molecule has 1 N–H and O–H groups in total. The van der Waals surface area contributed by atoms with E-state index in [4.69, 9.17) is 13.9 Å². The van der Waals surface area contributed by atoms with E-state index >= 15 is 0 Å². The fourth-order valence-corrected chi connectivity index (χ4v) is 3.34. The van der Waals surface area contributed by atoms with Crippen LogP contribution in [0.25, 0.3) is 11.5 Å². The first-order chi connectivity index (χ1) is 13.0. The molecule has 1 amide bonds. The zero-order valence-corrected chi connectivity index (χ0v) is 16.7. The summed E-state index contributed by atoms with van der Waals surface area (Å²) in [5, 5.41) is 11.4. The van der Waals surface area contributed by atoms with E-state index in [9.17, 15) is 4.79 Å². The number of aromatic nitrogens is 2. The predicted octanol–water partition coefficient (Wildman–Crippen LogP) is 3.89. The van der Waals surface area contributed by atoms with Crippen LogP contribution in [0, 0.1) is 5.92 Å². The Labute approximate surface area is 163 Å². The number of amides is 1. The van der Waals surface area contributed by atoms with Crippen molar-refractivity contribution in [1.82, 2.24) is 15.5 Å². The molecule has 1 atom stereocenters. The number of carbonyl (C=O) groups excluding carboxylic acids is 1. The monoisotopic (exact) mass is 391 g/mol. The summed E-state index contributed by atoms with van der Waals surface area (Å²) in [6, 6.07) is 5.61. The maximum Gasteiger partial charge on any atom is 0.277 e. The van der Waals surface area contributed by atoms with Crippen molar-refractivity contribution in [1.29, 1.82) is 0 Å². The van der Waals surface area contributed by atoms with Crippen molar-refractivity contribution in [3.63, 3.8) is 0 Å². The molecule has 8 heteroatoms. The van der Waals surface area contributed by atoms with E-state index in [2.05, 4.69) is 29.4 Å². The number of nitrogens with one attached hydrogen (secondary N) is 1. The van der Waals surface area contributed by atoms with Gasteiger partial charge in [0.25, 0.3) is 5.22 Å². The largest absolute Gasteiger partial charge is 0.454 e. The smallest absolute Gasteiger partial charge is 0.277 e. The molecule has 0 fully saturated rings. The van der Waals surface area contributed by atoms with Gasteiger partial charge in [-0.1, -0.05) is 38.5 Å². The van der Waals surface area contributed by atoms with Gasteiger partial charge >= 0.3 is 0 Å². The predicted molar refractivity (Wildman–Crippen MR) is 103 cm³/mol. The molecule has 2 aromatic rings. The highest BCUT2D eigenvalue weighted by Crippen LogP contribution is 2.35. The van der Waals surface area contributed by atoms with E-state index in [1.165, 1.54) is 18.2 Å². The van der Waals surface area contributed by atoms with E-state index in [1.807, 2.05) is 19.1 Å². The molecule has 3 rings (SSSR count). The minimum atomic E-state index is -0.0279. The Hall–Kier alpha value is -2.22. The quantitative estimate of drug-likeness (QED) is 0.649. The Balaban J connectivity index is 1.46. The fraction of sp³-hybridized carbons (Fsp3) is 0.526. The van der Waals surface area contributed by atoms with Crippen LogP contribution in [-0.2, 0) is 4.79 Å². The summed E-state index contributed by atoms with van der Waals surface area (Å²) in [5.41, 5.74) is 0.752. The van der Waals surface area contributed by atoms with Crippen LogP contribution in [0.4, 0.5) is 0 Å². The van der Waals surface area contributed by atoms with Crippen molar-refractivity contribution in [2.45, 2.75) is 51.3 Å². The lowest BCUT2D eigenvalue weighted by molar-refractivity contribution is -0.119. The van der Waals surface area contributed by atoms with E-state index in [0.717, 1.165) is 18.4 Å². The van der Waals surface area contributed by atoms with Gasteiger partial charge in [-0.25, -0.2) is 0 Å². The van der Waals surface area contributed by atoms with E-state index < -0.39 is 0 Å². The molecule has 1 aromatic carbocycles. The van der Waals surface area contributed by atoms with Crippen molar-refractivity contribution in [3.05, 3.63) is 18.2 Å². The highest BCUT2D eigenvalue weighted by Gasteiger charge is 2.17. The van der Waals surface area contributed by atoms with Crippen molar-refractivity contribution < 1.29 is 18.7 Å². The number of nitrogens with zero attached hydrogens (tertiary/aromatic N) is 2. The Kier molecular flexibility index (Phi) is 6.60. The maximum absolute atomic E-state index is 12.1. The molecule has 2 heterocycles. The third-order valence-electron chi connectivity index (χ3n) is 4.18. The molecule has 1 aromatic heterocycles. The van der Waals surface area contributed by atoms with Crippen LogP contribution in [0.1, 0.15) is 40.0 Å². The van der Waals surface area contributed by atoms with Gasteiger partial charge in [0.05, 0.1) is 5.75 Å². The molecule has 0 spiro atoms. The molecule has 0 unspecified atom stereocenters. The van der Waals surface area contributed by atoms with Gasteiger partial charge in [0.2, 0.25) is 18.6 Å². The van der Waals surface area contributed by atoms with E-state index in [1.54, 1.807) is 6.07 Å². The Morgan fingerprint density at radius 1 is 1.19 bits per heavy atom. The average Bonchev–Trinajstić information content (AvgIpc) is 3.28. The molecule has 0 saturated carbocycles. The summed E-state index contributed by atoms with van der Waals surface area (Å²) in [6.07, 6.45) is 3.29. The van der Waals surface area contributed by atoms with Crippen molar-refractivity contribution in [3.8, 4) is 23.0 Å². The van der Waals surface area contributed by atoms with Gasteiger partial charge in [0, 0.05) is 11.6 Å². The highest BCUT2D eigenvalue weighted by molar-refractivity contribution is 7.99. The van der Waals surface area contributed by atoms with Crippen LogP contribution in [0.5, 0.6) is 11.5 Å². The summed E-state index contributed by atoms with van der Waals surface area (Å²) >= 11 is 1.23. The molecule has 0 radical (unpaired) electrons. The lowest BCUT2D eigenvalue weighted by Gasteiger charge is -2.14. The van der Waals surface area contributed by atoms with Crippen molar-refractivity contribution in [2.75, 3.05) is 12.5 Å². The number of ether oxygens (including phenoxy) is 2. The SMILES string of the molecule is CC(C)CCC[C@@H](C)NC(=O)CSc1nnc(-c2ccc3c(c2)OCO3)o1. The minimum absolute atomic E-state index is 0.0279. The first-order valence-corrected chi connectivity index (χ1v) is 10.2. The number of thioether (sulfide) groups is 1. The summed E-state index contributed by atoms with van der Waals surface area (Å²) < 4.78 is 16.3. The number of fused-ring (bicyclic) bond motifs is 1. The molecular formula is C19H25N3O4S. The molecule has 1 aliphatic heterocycles. The number of carbonyl (C=O) groups is 1. The molecule has 7 nitrogen and oxygen atoms in total. The lowest BCUT2D eigenvalue weighted by Crippen LogP contribution is -2.33. The van der Waals surface area contributed by atoms with Crippen LogP contribution >= 0.6 is 11.8 Å². The van der Waals surface area contributed by atoms with Crippen LogP contribution < -0.4 is 14.8 Å². The average molecular weight is 391 g/mol. The van der Waals surface area contributed by atoms with Gasteiger partial charge in [-0.3, -0.25) is 4.79 Å². The minimum Gasteiger partial charge on any atom is -0.454 e. The summed E-state index contributed by atoms with van der Waals surface area (Å²) in [4.78, 5) is 12.1. The Morgan fingerprint density at radius 2 is 2.00 bits per heavy atom. The van der Waals surface area contributed by atoms with Crippen LogP contribution in [-0.4, -0.2) is 34.7 Å². The zero-order valence-electron chi connectivity index (χ0n) is 15.9. The molecule has 1 aliphatic rings. The third kappa shape index (κ3) is 5.63. The Bertz CT molecular complexity index is 778. The van der Waals surface area contributed by atoms with Gasteiger partial charge in [0.15, 0.2) is 11.5 Å². The highest BCUT2D eigenvalue weighted by atomic mass is 32.2. The van der Waals surface area contributed by atoms with Gasteiger partial charge in [0.1, 0.15) is 0 Å². The molecule has 0 bridgehead atoms. The van der Waals surface area contributed by atoms with Crippen LogP contribution in [0.2, 0.25) is 0 Å². The number of hydrogen-bond acceptors (Lipinski definition) is 7. The second-order valence-corrected chi connectivity index (χ2v) is 7.95. The molecule has 0 aliphatic carbocycles. The van der Waals surface area contributed by atoms with Gasteiger partial charge in [-0.15, -0.1) is 10.2 Å². The first-order valence-electron chi connectivity index (χ1n) is 9.17. The topological polar surface area (TPSA) is 86.5 Å². The number of rotatable bonds is 9. The summed E-state index contributed by atoms with van der Waals surface area (Å²) in [5.74, 6) is 2.66. The van der Waals surface area contributed by atoms with Gasteiger partial charge in [-0.05, 0) is 37.5 Å². The molecule has 146 valence electrons. The number of benzene rings is 1. The van der Waals surface area contributed by atoms with E-state index in [0.29, 0.717) is 28.5 Å². The Morgan fingerprint density at radius 3 is 2.81 bits per heavy atom. The third-order valence-corrected chi connectivity index (χ3v) is 5.00. The number of hydrogen-bond donors (Lipinski definition) is 1. The second-order valence-electron chi connectivity index (χ2n) is 7.02. The fourth-order valence-electron chi connectivity index (χ4n) is 2.76. The zero-order chi connectivity index (χ0) is 19.2. The first kappa shape index (κ1) is 19.5. The summed E-state index contributed by atoms with van der Waals surface area (Å²) in [7, 11) is 0. The normalized spacial score (nSPS) is 13.8. The maximum atomic E-state index is 12.1. The van der Waals surface area contributed by atoms with Crippen molar-refractivity contribution in [2.24, 2.45) is 5.92 Å². The second kappa shape index (κ2) is 9.12. The van der Waals surface area contributed by atoms with Crippen molar-refractivity contribution >= 4 is 17.7 Å². The standard InChI is InChI=1S/C19H25N3O4S/c1-12(2)5-4-6-13(3)20-17(23)10-27-19-22-21-18(26-19)14-7-8-15-16(9-14)25-11-24-15/h7-9,12-13H,4-6,10-11H2,1-3H3,(H,20,23)/t13-/m1/s1. The lowest BCUT2D eigenvalue weighted by atomic mass is 10.0. The summed E-state index contributed by atoms with van der Waals surface area (Å²) in [6.45, 7) is 6.67. The molecule has 27 heavy (non-hydrogen) atoms. The van der Waals surface area contributed by atoms with Gasteiger partial charge < -0.3 is 19.2 Å². The van der Waals surface area contributed by atoms with E-state index in [-0.39, 0.29) is 24.5 Å². The molecule has 0 saturated heterocycles. The molecular weight excluding hydrogens is 366 g/mol. The van der Waals surface area contributed by atoms with Crippen LogP contribution in [0.3, 0.4) is 0 Å². The van der Waals surface area contributed by atoms with Gasteiger partial charge in [-0.2, -0.15) is 0 Å².